The number of anilines is 1. The molecular weight excluding hydrogens is 214 g/mol. The Balaban J connectivity index is 1.83. The first kappa shape index (κ1) is 11.3. The first-order chi connectivity index (χ1) is 8.34. The summed E-state index contributed by atoms with van der Waals surface area (Å²) in [5, 5.41) is 2.81. The van der Waals surface area contributed by atoms with Crippen molar-refractivity contribution in [1.82, 2.24) is 9.97 Å². The maximum Gasteiger partial charge on any atom is 0.224 e. The highest BCUT2D eigenvalue weighted by Gasteiger charge is 2.02. The van der Waals surface area contributed by atoms with Crippen molar-refractivity contribution < 1.29 is 4.79 Å². The van der Waals surface area contributed by atoms with Crippen molar-refractivity contribution in [3.63, 3.8) is 0 Å². The first-order valence-electron chi connectivity index (χ1n) is 5.43. The number of aryl methyl sites for hydroxylation is 1. The van der Waals surface area contributed by atoms with Gasteiger partial charge in [0.2, 0.25) is 5.91 Å². The Labute approximate surface area is 99.7 Å². The van der Waals surface area contributed by atoms with E-state index in [1.807, 2.05) is 12.1 Å². The number of hydrogen-bond donors (Lipinski definition) is 1. The summed E-state index contributed by atoms with van der Waals surface area (Å²) in [7, 11) is 0. The van der Waals surface area contributed by atoms with Crippen LogP contribution in [0.2, 0.25) is 0 Å². The van der Waals surface area contributed by atoms with Crippen LogP contribution in [0.5, 0.6) is 0 Å². The number of carbonyl (C=O) groups is 1. The minimum Gasteiger partial charge on any atom is -0.326 e. The van der Waals surface area contributed by atoms with Crippen LogP contribution < -0.4 is 5.32 Å². The van der Waals surface area contributed by atoms with Crippen molar-refractivity contribution in [3.05, 3.63) is 54.6 Å². The number of aromatic nitrogens is 2. The number of pyridine rings is 2. The molecule has 1 N–H and O–H groups in total. The molecule has 0 unspecified atom stereocenters. The van der Waals surface area contributed by atoms with Gasteiger partial charge in [0.05, 0.1) is 0 Å². The molecule has 0 saturated heterocycles. The van der Waals surface area contributed by atoms with Crippen LogP contribution in [-0.4, -0.2) is 15.9 Å². The van der Waals surface area contributed by atoms with E-state index >= 15 is 0 Å². The van der Waals surface area contributed by atoms with E-state index in [4.69, 9.17) is 0 Å². The third-order valence-electron chi connectivity index (χ3n) is 2.33. The second kappa shape index (κ2) is 5.75. The number of rotatable bonds is 4. The van der Waals surface area contributed by atoms with Crippen molar-refractivity contribution in [3.8, 4) is 0 Å². The van der Waals surface area contributed by atoms with Gasteiger partial charge in [-0.2, -0.15) is 0 Å². The fraction of sp³-hybridized carbons (Fsp3) is 0.154. The lowest BCUT2D eigenvalue weighted by molar-refractivity contribution is -0.116. The summed E-state index contributed by atoms with van der Waals surface area (Å²) >= 11 is 0. The molecule has 2 heterocycles. The Kier molecular flexibility index (Phi) is 3.81. The molecule has 0 aliphatic heterocycles. The van der Waals surface area contributed by atoms with E-state index in [9.17, 15) is 4.79 Å². The van der Waals surface area contributed by atoms with Crippen LogP contribution in [-0.2, 0) is 11.2 Å². The van der Waals surface area contributed by atoms with Crippen LogP contribution in [0.3, 0.4) is 0 Å². The van der Waals surface area contributed by atoms with Crippen molar-refractivity contribution in [1.29, 1.82) is 0 Å². The van der Waals surface area contributed by atoms with Crippen LogP contribution in [0.1, 0.15) is 12.0 Å². The number of nitrogens with one attached hydrogen (secondary N) is 1. The van der Waals surface area contributed by atoms with Crippen LogP contribution >= 0.6 is 0 Å². The zero-order chi connectivity index (χ0) is 11.9. The lowest BCUT2D eigenvalue weighted by Crippen LogP contribution is -2.12. The van der Waals surface area contributed by atoms with Crippen molar-refractivity contribution in [2.24, 2.45) is 0 Å². The Morgan fingerprint density at radius 3 is 2.65 bits per heavy atom. The van der Waals surface area contributed by atoms with Crippen LogP contribution in [0.25, 0.3) is 0 Å². The quantitative estimate of drug-likeness (QED) is 0.869. The van der Waals surface area contributed by atoms with E-state index in [-0.39, 0.29) is 5.91 Å². The normalized spacial score (nSPS) is 9.88. The molecule has 1 amide bonds. The summed E-state index contributed by atoms with van der Waals surface area (Å²) in [6.07, 6.45) is 7.95. The summed E-state index contributed by atoms with van der Waals surface area (Å²) in [4.78, 5) is 19.5. The molecule has 0 atom stereocenters. The second-order valence-corrected chi connectivity index (χ2v) is 3.65. The van der Waals surface area contributed by atoms with Crippen LogP contribution in [0.15, 0.2) is 49.1 Å². The van der Waals surface area contributed by atoms with Gasteiger partial charge in [0.15, 0.2) is 0 Å². The Hall–Kier alpha value is -2.23. The third kappa shape index (κ3) is 3.68. The third-order valence-corrected chi connectivity index (χ3v) is 2.33. The predicted molar refractivity (Wildman–Crippen MR) is 65.4 cm³/mol. The Morgan fingerprint density at radius 2 is 1.94 bits per heavy atom. The largest absolute Gasteiger partial charge is 0.326 e. The maximum absolute atomic E-state index is 11.6. The van der Waals surface area contributed by atoms with Gasteiger partial charge in [-0.3, -0.25) is 14.8 Å². The number of nitrogens with zero attached hydrogens (tertiary/aromatic N) is 2. The number of amides is 1. The van der Waals surface area contributed by atoms with Gasteiger partial charge in [-0.25, -0.2) is 0 Å². The average Bonchev–Trinajstić information content (AvgIpc) is 2.39. The fourth-order valence-corrected chi connectivity index (χ4v) is 1.46. The Morgan fingerprint density at radius 1 is 1.12 bits per heavy atom. The molecule has 0 bridgehead atoms. The maximum atomic E-state index is 11.6. The molecule has 86 valence electrons. The van der Waals surface area contributed by atoms with Gasteiger partial charge < -0.3 is 5.32 Å². The van der Waals surface area contributed by atoms with Gasteiger partial charge in [-0.05, 0) is 30.2 Å². The van der Waals surface area contributed by atoms with Gasteiger partial charge in [-0.15, -0.1) is 0 Å². The molecule has 0 spiro atoms. The predicted octanol–water partition coefficient (Wildman–Crippen LogP) is 2.05. The van der Waals surface area contributed by atoms with Crippen molar-refractivity contribution in [2.45, 2.75) is 12.8 Å². The summed E-state index contributed by atoms with van der Waals surface area (Å²) < 4.78 is 0. The van der Waals surface area contributed by atoms with Crippen molar-refractivity contribution >= 4 is 11.6 Å². The second-order valence-electron chi connectivity index (χ2n) is 3.65. The molecule has 2 rings (SSSR count). The molecule has 0 aromatic carbocycles. The Bertz CT molecular complexity index is 471. The molecule has 4 nitrogen and oxygen atoms in total. The highest BCUT2D eigenvalue weighted by molar-refractivity contribution is 5.90. The first-order valence-corrected chi connectivity index (χ1v) is 5.43. The molecule has 0 saturated carbocycles. The smallest absolute Gasteiger partial charge is 0.224 e. The lowest BCUT2D eigenvalue weighted by atomic mass is 10.1. The van der Waals surface area contributed by atoms with Crippen LogP contribution in [0, 0.1) is 0 Å². The molecule has 0 aliphatic rings. The van der Waals surface area contributed by atoms with E-state index in [1.54, 1.807) is 36.9 Å². The average molecular weight is 227 g/mol. The van der Waals surface area contributed by atoms with E-state index in [2.05, 4.69) is 15.3 Å². The number of hydrogen-bond acceptors (Lipinski definition) is 3. The minimum absolute atomic E-state index is 0.0000491. The van der Waals surface area contributed by atoms with E-state index < -0.39 is 0 Å². The summed E-state index contributed by atoms with van der Waals surface area (Å²) in [5.74, 6) is 0.0000491. The van der Waals surface area contributed by atoms with Crippen LogP contribution in [0.4, 0.5) is 5.69 Å². The van der Waals surface area contributed by atoms with Crippen molar-refractivity contribution in [2.75, 3.05) is 5.32 Å². The topological polar surface area (TPSA) is 54.9 Å². The summed E-state index contributed by atoms with van der Waals surface area (Å²) in [6.45, 7) is 0. The van der Waals surface area contributed by atoms with Gasteiger partial charge in [0, 0.05) is 36.9 Å². The fourth-order valence-electron chi connectivity index (χ4n) is 1.46. The van der Waals surface area contributed by atoms with Gasteiger partial charge in [-0.1, -0.05) is 6.07 Å². The molecule has 0 radical (unpaired) electrons. The molecule has 17 heavy (non-hydrogen) atoms. The zero-order valence-corrected chi connectivity index (χ0v) is 9.34. The highest BCUT2D eigenvalue weighted by atomic mass is 16.1. The van der Waals surface area contributed by atoms with Gasteiger partial charge >= 0.3 is 0 Å². The van der Waals surface area contributed by atoms with E-state index in [0.29, 0.717) is 12.8 Å². The highest BCUT2D eigenvalue weighted by Crippen LogP contribution is 2.06. The molecule has 0 fully saturated rings. The lowest BCUT2D eigenvalue weighted by Gasteiger charge is -2.04. The zero-order valence-electron chi connectivity index (χ0n) is 9.34. The monoisotopic (exact) mass is 227 g/mol. The summed E-state index contributed by atoms with van der Waals surface area (Å²) in [5.41, 5.74) is 1.84. The molecule has 2 aromatic rings. The molecular formula is C13H13N3O. The molecule has 4 heteroatoms. The van der Waals surface area contributed by atoms with E-state index in [1.165, 1.54) is 0 Å². The van der Waals surface area contributed by atoms with E-state index in [0.717, 1.165) is 11.3 Å². The van der Waals surface area contributed by atoms with Gasteiger partial charge in [0.25, 0.3) is 0 Å². The summed E-state index contributed by atoms with van der Waals surface area (Å²) in [6, 6.07) is 7.37. The molecule has 2 aromatic heterocycles. The minimum atomic E-state index is 0.0000491. The SMILES string of the molecule is O=C(CCc1cccnc1)Nc1ccncc1. The molecule has 0 aliphatic carbocycles. The number of carbonyl (C=O) groups excluding carboxylic acids is 1. The standard InChI is InChI=1S/C13H13N3O/c17-13(16-12-5-8-14-9-6-12)4-3-11-2-1-7-15-10-11/h1-2,5-10H,3-4H2,(H,14,16,17). The van der Waals surface area contributed by atoms with Gasteiger partial charge in [0.1, 0.15) is 0 Å².